The Morgan fingerprint density at radius 3 is 1.94 bits per heavy atom. The van der Waals surface area contributed by atoms with Crippen molar-refractivity contribution >= 4 is 0 Å². The molecule has 0 aromatic heterocycles. The van der Waals surface area contributed by atoms with Crippen molar-refractivity contribution in [2.75, 3.05) is 13.1 Å². The molecule has 0 aliphatic heterocycles. The van der Waals surface area contributed by atoms with Crippen LogP contribution in [0.3, 0.4) is 0 Å². The maximum Gasteiger partial charge on any atom is 0.0309 e. The molecule has 0 aromatic carbocycles. The van der Waals surface area contributed by atoms with Crippen LogP contribution in [-0.2, 0) is 0 Å². The molecule has 0 atom stereocenters. The van der Waals surface area contributed by atoms with E-state index in [1.165, 1.54) is 32.2 Å². The van der Waals surface area contributed by atoms with Gasteiger partial charge in [0.25, 0.3) is 0 Å². The van der Waals surface area contributed by atoms with Gasteiger partial charge in [0.15, 0.2) is 0 Å². The van der Waals surface area contributed by atoms with Crippen LogP contribution in [0.4, 0.5) is 0 Å². The molecule has 1 aliphatic carbocycles. The van der Waals surface area contributed by atoms with Gasteiger partial charge in [0, 0.05) is 12.1 Å². The lowest BCUT2D eigenvalue weighted by molar-refractivity contribution is 0.227. The van der Waals surface area contributed by atoms with Gasteiger partial charge >= 0.3 is 0 Å². The molecule has 96 valence electrons. The summed E-state index contributed by atoms with van der Waals surface area (Å²) in [5, 5.41) is 3.78. The molecular formula is C14H30N2. The molecule has 0 amide bonds. The monoisotopic (exact) mass is 226 g/mol. The minimum atomic E-state index is 0.185. The summed E-state index contributed by atoms with van der Waals surface area (Å²) in [7, 11) is 0. The van der Waals surface area contributed by atoms with E-state index in [4.69, 9.17) is 5.73 Å². The van der Waals surface area contributed by atoms with Gasteiger partial charge < -0.3 is 11.1 Å². The second kappa shape index (κ2) is 6.02. The second-order valence-electron chi connectivity index (χ2n) is 6.50. The van der Waals surface area contributed by atoms with Gasteiger partial charge in [0.1, 0.15) is 0 Å². The maximum absolute atomic E-state index is 6.05. The third-order valence-corrected chi connectivity index (χ3v) is 3.45. The Hall–Kier alpha value is -0.0800. The summed E-state index contributed by atoms with van der Waals surface area (Å²) in [6.07, 6.45) is 5.23. The average molecular weight is 226 g/mol. The van der Waals surface area contributed by atoms with Crippen molar-refractivity contribution in [3.05, 3.63) is 0 Å². The molecule has 0 aromatic rings. The van der Waals surface area contributed by atoms with Crippen molar-refractivity contribution in [1.82, 2.24) is 5.32 Å². The molecule has 1 fully saturated rings. The Labute approximate surface area is 101 Å². The number of hydrogen-bond donors (Lipinski definition) is 2. The van der Waals surface area contributed by atoms with Crippen molar-refractivity contribution < 1.29 is 0 Å². The Kier molecular flexibility index (Phi) is 5.26. The molecule has 1 rings (SSSR count). The van der Waals surface area contributed by atoms with Gasteiger partial charge in [0.05, 0.1) is 0 Å². The summed E-state index contributed by atoms with van der Waals surface area (Å²) in [5.74, 6) is 2.37. The van der Waals surface area contributed by atoms with Crippen LogP contribution in [0.25, 0.3) is 0 Å². The summed E-state index contributed by atoms with van der Waals surface area (Å²) in [5.41, 5.74) is 6.23. The lowest BCUT2D eigenvalue weighted by Crippen LogP contribution is -2.53. The number of nitrogens with two attached hydrogens (primary N) is 1. The molecule has 0 bridgehead atoms. The fourth-order valence-corrected chi connectivity index (χ4v) is 2.71. The molecule has 0 saturated heterocycles. The number of rotatable bonds is 8. The van der Waals surface area contributed by atoms with Gasteiger partial charge in [-0.1, -0.05) is 27.7 Å². The molecule has 1 saturated carbocycles. The molecule has 0 radical (unpaired) electrons. The Morgan fingerprint density at radius 1 is 1.12 bits per heavy atom. The van der Waals surface area contributed by atoms with Crippen LogP contribution >= 0.6 is 0 Å². The van der Waals surface area contributed by atoms with Gasteiger partial charge in [-0.15, -0.1) is 0 Å². The highest BCUT2D eigenvalue weighted by Gasteiger charge is 2.32. The standard InChI is InChI=1S/C14H30N2/c1-11(2)7-14(10-15,8-12(3)4)16-9-13-5-6-13/h11-13,16H,5-10,15H2,1-4H3. The molecule has 2 nitrogen and oxygen atoms in total. The van der Waals surface area contributed by atoms with E-state index in [0.717, 1.165) is 12.5 Å². The second-order valence-corrected chi connectivity index (χ2v) is 6.50. The molecule has 2 heteroatoms. The Morgan fingerprint density at radius 2 is 1.62 bits per heavy atom. The SMILES string of the molecule is CC(C)CC(CN)(CC(C)C)NCC1CC1. The normalized spacial score (nSPS) is 17.4. The molecule has 0 unspecified atom stereocenters. The lowest BCUT2D eigenvalue weighted by atomic mass is 9.81. The van der Waals surface area contributed by atoms with E-state index in [2.05, 4.69) is 33.0 Å². The molecule has 1 aliphatic rings. The number of nitrogens with one attached hydrogen (secondary N) is 1. The zero-order valence-corrected chi connectivity index (χ0v) is 11.6. The van der Waals surface area contributed by atoms with E-state index in [1.807, 2.05) is 0 Å². The van der Waals surface area contributed by atoms with E-state index in [-0.39, 0.29) is 5.54 Å². The van der Waals surface area contributed by atoms with Gasteiger partial charge in [-0.05, 0) is 50.0 Å². The zero-order valence-electron chi connectivity index (χ0n) is 11.6. The summed E-state index contributed by atoms with van der Waals surface area (Å²) in [6.45, 7) is 11.1. The first-order valence-corrected chi connectivity index (χ1v) is 6.92. The molecule has 16 heavy (non-hydrogen) atoms. The van der Waals surface area contributed by atoms with E-state index in [1.54, 1.807) is 0 Å². The van der Waals surface area contributed by atoms with Crippen LogP contribution in [0.5, 0.6) is 0 Å². The quantitative estimate of drug-likeness (QED) is 0.668. The predicted octanol–water partition coefficient (Wildman–Crippen LogP) is 2.78. The fourth-order valence-electron chi connectivity index (χ4n) is 2.71. The number of hydrogen-bond acceptors (Lipinski definition) is 2. The molecular weight excluding hydrogens is 196 g/mol. The van der Waals surface area contributed by atoms with Crippen molar-refractivity contribution in [3.63, 3.8) is 0 Å². The van der Waals surface area contributed by atoms with Gasteiger partial charge in [-0.25, -0.2) is 0 Å². The van der Waals surface area contributed by atoms with Crippen molar-refractivity contribution in [2.45, 2.75) is 58.9 Å². The van der Waals surface area contributed by atoms with Gasteiger partial charge in [0.2, 0.25) is 0 Å². The third-order valence-electron chi connectivity index (χ3n) is 3.45. The van der Waals surface area contributed by atoms with Crippen LogP contribution in [0.1, 0.15) is 53.4 Å². The summed E-state index contributed by atoms with van der Waals surface area (Å²) >= 11 is 0. The maximum atomic E-state index is 6.05. The Bertz CT molecular complexity index is 185. The van der Waals surface area contributed by atoms with E-state index >= 15 is 0 Å². The summed E-state index contributed by atoms with van der Waals surface area (Å²) < 4.78 is 0. The largest absolute Gasteiger partial charge is 0.329 e. The first-order valence-electron chi connectivity index (χ1n) is 6.92. The molecule has 0 heterocycles. The average Bonchev–Trinajstić information content (AvgIpc) is 2.95. The smallest absolute Gasteiger partial charge is 0.0309 e. The van der Waals surface area contributed by atoms with Crippen LogP contribution in [0.15, 0.2) is 0 Å². The van der Waals surface area contributed by atoms with Crippen molar-refractivity contribution in [3.8, 4) is 0 Å². The van der Waals surface area contributed by atoms with Crippen LogP contribution in [-0.4, -0.2) is 18.6 Å². The van der Waals surface area contributed by atoms with Crippen molar-refractivity contribution in [1.29, 1.82) is 0 Å². The van der Waals surface area contributed by atoms with Crippen LogP contribution < -0.4 is 11.1 Å². The van der Waals surface area contributed by atoms with E-state index in [0.29, 0.717) is 11.8 Å². The summed E-state index contributed by atoms with van der Waals surface area (Å²) in [6, 6.07) is 0. The highest BCUT2D eigenvalue weighted by atomic mass is 15.0. The van der Waals surface area contributed by atoms with E-state index < -0.39 is 0 Å². The predicted molar refractivity (Wildman–Crippen MR) is 71.4 cm³/mol. The Balaban J connectivity index is 2.53. The molecule has 3 N–H and O–H groups in total. The topological polar surface area (TPSA) is 38.0 Å². The zero-order chi connectivity index (χ0) is 12.2. The molecule has 0 spiro atoms. The van der Waals surface area contributed by atoms with Crippen LogP contribution in [0, 0.1) is 17.8 Å². The highest BCUT2D eigenvalue weighted by molar-refractivity contribution is 4.92. The lowest BCUT2D eigenvalue weighted by Gasteiger charge is -2.37. The van der Waals surface area contributed by atoms with E-state index in [9.17, 15) is 0 Å². The first-order chi connectivity index (χ1) is 7.47. The summed E-state index contributed by atoms with van der Waals surface area (Å²) in [4.78, 5) is 0. The first kappa shape index (κ1) is 14.0. The van der Waals surface area contributed by atoms with Gasteiger partial charge in [-0.3, -0.25) is 0 Å². The highest BCUT2D eigenvalue weighted by Crippen LogP contribution is 2.30. The minimum absolute atomic E-state index is 0.185. The van der Waals surface area contributed by atoms with Crippen molar-refractivity contribution in [2.24, 2.45) is 23.5 Å². The van der Waals surface area contributed by atoms with Gasteiger partial charge in [-0.2, -0.15) is 0 Å². The van der Waals surface area contributed by atoms with Crippen LogP contribution in [0.2, 0.25) is 0 Å². The third kappa shape index (κ3) is 4.84. The minimum Gasteiger partial charge on any atom is -0.329 e. The fraction of sp³-hybridized carbons (Fsp3) is 1.00.